The van der Waals surface area contributed by atoms with E-state index in [2.05, 4.69) is 15.0 Å². The number of ether oxygens (including phenoxy) is 1. The third-order valence-electron chi connectivity index (χ3n) is 4.34. The van der Waals surface area contributed by atoms with Gasteiger partial charge in [0.25, 0.3) is 5.56 Å². The van der Waals surface area contributed by atoms with Crippen LogP contribution in [-0.2, 0) is 15.6 Å². The SMILES string of the molecule is Cc1cc(-c2cc(CS(C)(=O)=O)cnc2Oc2cccnc2)n2cc[nH]c(=O)c12. The molecule has 0 aliphatic carbocycles. The topological polar surface area (TPSA) is 106 Å². The van der Waals surface area contributed by atoms with Crippen LogP contribution in [0.25, 0.3) is 16.8 Å². The standard InChI is InChI=1S/C20H18N4O4S/c1-13-8-17(24-7-6-22-19(25)18(13)24)16-9-14(12-29(2,26)27)10-23-20(16)28-15-4-3-5-21-11-15/h3-11H,12H2,1-2H3,(H,22,25). The van der Waals surface area contributed by atoms with Gasteiger partial charge in [0.05, 0.1) is 23.2 Å². The van der Waals surface area contributed by atoms with E-state index in [4.69, 9.17) is 4.74 Å². The molecule has 0 radical (unpaired) electrons. The summed E-state index contributed by atoms with van der Waals surface area (Å²) >= 11 is 0. The van der Waals surface area contributed by atoms with Crippen molar-refractivity contribution in [3.8, 4) is 22.9 Å². The first kappa shape index (κ1) is 18.9. The lowest BCUT2D eigenvalue weighted by atomic mass is 10.1. The lowest BCUT2D eigenvalue weighted by Crippen LogP contribution is -2.09. The highest BCUT2D eigenvalue weighted by Crippen LogP contribution is 2.34. The first-order valence-corrected chi connectivity index (χ1v) is 10.8. The quantitative estimate of drug-likeness (QED) is 0.542. The second-order valence-corrected chi connectivity index (χ2v) is 8.92. The highest BCUT2D eigenvalue weighted by Gasteiger charge is 2.18. The molecule has 4 aromatic heterocycles. The minimum Gasteiger partial charge on any atom is -0.437 e. The molecule has 0 bridgehead atoms. The van der Waals surface area contributed by atoms with Crippen LogP contribution in [0.1, 0.15) is 11.1 Å². The molecule has 8 nitrogen and oxygen atoms in total. The van der Waals surface area contributed by atoms with Crippen molar-refractivity contribution in [3.63, 3.8) is 0 Å². The van der Waals surface area contributed by atoms with E-state index in [0.29, 0.717) is 28.1 Å². The number of sulfone groups is 1. The van der Waals surface area contributed by atoms with E-state index in [1.807, 2.05) is 13.0 Å². The molecule has 4 heterocycles. The van der Waals surface area contributed by atoms with E-state index in [-0.39, 0.29) is 17.2 Å². The Hall–Kier alpha value is -3.46. The molecule has 0 fully saturated rings. The van der Waals surface area contributed by atoms with E-state index >= 15 is 0 Å². The number of nitrogens with one attached hydrogen (secondary N) is 1. The summed E-state index contributed by atoms with van der Waals surface area (Å²) in [5, 5.41) is 0. The molecule has 0 unspecified atom stereocenters. The van der Waals surface area contributed by atoms with Crippen molar-refractivity contribution in [1.29, 1.82) is 0 Å². The van der Waals surface area contributed by atoms with Crippen molar-refractivity contribution in [2.45, 2.75) is 12.7 Å². The molecule has 0 aliphatic rings. The fourth-order valence-corrected chi connectivity index (χ4v) is 3.98. The van der Waals surface area contributed by atoms with Crippen LogP contribution in [0.4, 0.5) is 0 Å². The summed E-state index contributed by atoms with van der Waals surface area (Å²) in [6.45, 7) is 1.84. The van der Waals surface area contributed by atoms with Crippen molar-refractivity contribution >= 4 is 15.4 Å². The summed E-state index contributed by atoms with van der Waals surface area (Å²) in [4.78, 5) is 23.3. The minimum absolute atomic E-state index is 0.150. The van der Waals surface area contributed by atoms with Gasteiger partial charge in [-0.2, -0.15) is 0 Å². The fourth-order valence-electron chi connectivity index (χ4n) is 3.22. The Labute approximate surface area is 166 Å². The average Bonchev–Trinajstić information content (AvgIpc) is 3.00. The fraction of sp³-hybridized carbons (Fsp3) is 0.150. The zero-order valence-corrected chi connectivity index (χ0v) is 16.6. The summed E-state index contributed by atoms with van der Waals surface area (Å²) < 4.78 is 31.2. The average molecular weight is 410 g/mol. The van der Waals surface area contributed by atoms with E-state index in [1.165, 1.54) is 12.5 Å². The molecule has 4 aromatic rings. The summed E-state index contributed by atoms with van der Waals surface area (Å²) in [5.74, 6) is 0.630. The van der Waals surface area contributed by atoms with E-state index in [0.717, 1.165) is 5.56 Å². The first-order chi connectivity index (χ1) is 13.8. The van der Waals surface area contributed by atoms with Gasteiger partial charge >= 0.3 is 0 Å². The Morgan fingerprint density at radius 2 is 2.07 bits per heavy atom. The number of nitrogens with zero attached hydrogens (tertiary/aromatic N) is 3. The number of pyridine rings is 2. The van der Waals surface area contributed by atoms with Crippen LogP contribution in [0.15, 0.2) is 60.0 Å². The predicted octanol–water partition coefficient (Wildman–Crippen LogP) is 2.73. The maximum absolute atomic E-state index is 12.3. The Morgan fingerprint density at radius 3 is 2.79 bits per heavy atom. The van der Waals surface area contributed by atoms with E-state index < -0.39 is 9.84 Å². The van der Waals surface area contributed by atoms with Crippen LogP contribution in [0, 0.1) is 6.92 Å². The molecule has 0 atom stereocenters. The molecular formula is C20H18N4O4S. The molecule has 0 aliphatic heterocycles. The number of hydrogen-bond acceptors (Lipinski definition) is 6. The lowest BCUT2D eigenvalue weighted by Gasteiger charge is -2.12. The van der Waals surface area contributed by atoms with Crippen molar-refractivity contribution in [2.75, 3.05) is 6.26 Å². The van der Waals surface area contributed by atoms with Gasteiger partial charge in [-0.15, -0.1) is 0 Å². The highest BCUT2D eigenvalue weighted by atomic mass is 32.2. The van der Waals surface area contributed by atoms with Crippen LogP contribution < -0.4 is 10.3 Å². The van der Waals surface area contributed by atoms with Gasteiger partial charge in [0.15, 0.2) is 9.84 Å². The molecule has 0 amide bonds. The lowest BCUT2D eigenvalue weighted by molar-refractivity contribution is 0.462. The van der Waals surface area contributed by atoms with Gasteiger partial charge in [-0.05, 0) is 42.3 Å². The Balaban J connectivity index is 1.93. The number of aryl methyl sites for hydroxylation is 1. The largest absolute Gasteiger partial charge is 0.437 e. The van der Waals surface area contributed by atoms with Crippen LogP contribution in [0.3, 0.4) is 0 Å². The molecule has 29 heavy (non-hydrogen) atoms. The van der Waals surface area contributed by atoms with Crippen LogP contribution in [0.5, 0.6) is 11.6 Å². The molecule has 1 N–H and O–H groups in total. The Kier molecular flexibility index (Phi) is 4.67. The Morgan fingerprint density at radius 1 is 1.24 bits per heavy atom. The first-order valence-electron chi connectivity index (χ1n) is 8.76. The van der Waals surface area contributed by atoms with Crippen molar-refractivity contribution in [2.24, 2.45) is 0 Å². The van der Waals surface area contributed by atoms with Crippen molar-refractivity contribution in [3.05, 3.63) is 76.7 Å². The monoisotopic (exact) mass is 410 g/mol. The zero-order chi connectivity index (χ0) is 20.6. The molecule has 0 saturated heterocycles. The summed E-state index contributed by atoms with van der Waals surface area (Å²) in [6, 6.07) is 7.06. The van der Waals surface area contributed by atoms with Gasteiger partial charge in [-0.1, -0.05) is 0 Å². The number of aromatic nitrogens is 4. The van der Waals surface area contributed by atoms with Gasteiger partial charge < -0.3 is 14.1 Å². The van der Waals surface area contributed by atoms with Crippen molar-refractivity contribution in [1.82, 2.24) is 19.4 Å². The third kappa shape index (κ3) is 3.90. The second-order valence-electron chi connectivity index (χ2n) is 6.78. The maximum atomic E-state index is 12.3. The molecule has 0 aromatic carbocycles. The summed E-state index contributed by atoms with van der Waals surface area (Å²) in [7, 11) is -3.24. The number of rotatable bonds is 5. The van der Waals surface area contributed by atoms with Gasteiger partial charge in [0.2, 0.25) is 5.88 Å². The predicted molar refractivity (Wildman–Crippen MR) is 109 cm³/mol. The number of H-pyrrole nitrogens is 1. The number of aromatic amines is 1. The maximum Gasteiger partial charge on any atom is 0.272 e. The molecule has 4 rings (SSSR count). The molecule has 9 heteroatoms. The second kappa shape index (κ2) is 7.17. The smallest absolute Gasteiger partial charge is 0.272 e. The van der Waals surface area contributed by atoms with Crippen LogP contribution >= 0.6 is 0 Å². The highest BCUT2D eigenvalue weighted by molar-refractivity contribution is 7.89. The van der Waals surface area contributed by atoms with E-state index in [1.54, 1.807) is 47.4 Å². The molecule has 148 valence electrons. The molecule has 0 saturated carbocycles. The van der Waals surface area contributed by atoms with Gasteiger partial charge in [0.1, 0.15) is 11.3 Å². The van der Waals surface area contributed by atoms with Gasteiger partial charge in [-0.25, -0.2) is 13.4 Å². The Bertz CT molecular complexity index is 1360. The van der Waals surface area contributed by atoms with Crippen LogP contribution in [-0.4, -0.2) is 34.0 Å². The molecular weight excluding hydrogens is 392 g/mol. The van der Waals surface area contributed by atoms with Crippen molar-refractivity contribution < 1.29 is 13.2 Å². The third-order valence-corrected chi connectivity index (χ3v) is 5.20. The summed E-state index contributed by atoms with van der Waals surface area (Å²) in [5.41, 5.74) is 2.84. The van der Waals surface area contributed by atoms with Crippen LogP contribution in [0.2, 0.25) is 0 Å². The van der Waals surface area contributed by atoms with E-state index in [9.17, 15) is 13.2 Å². The zero-order valence-electron chi connectivity index (χ0n) is 15.8. The molecule has 0 spiro atoms. The number of hydrogen-bond donors (Lipinski definition) is 1. The normalized spacial score (nSPS) is 11.7. The van der Waals surface area contributed by atoms with Gasteiger partial charge in [0, 0.05) is 31.0 Å². The number of fused-ring (bicyclic) bond motifs is 1. The van der Waals surface area contributed by atoms with Gasteiger partial charge in [-0.3, -0.25) is 9.78 Å². The minimum atomic E-state index is -3.24. The summed E-state index contributed by atoms with van der Waals surface area (Å²) in [6.07, 6.45) is 9.12.